The monoisotopic (exact) mass is 284 g/mol. The van der Waals surface area contributed by atoms with E-state index >= 15 is 0 Å². The summed E-state index contributed by atoms with van der Waals surface area (Å²) in [6, 6.07) is 0. The second kappa shape index (κ2) is 4.40. The fraction of sp³-hybridized carbons (Fsp3) is 0.611. The third-order valence-electron chi connectivity index (χ3n) is 6.02. The molecule has 3 fully saturated rings. The number of rotatable bonds is 0. The number of allylic oxidation sites excluding steroid dienone is 4. The van der Waals surface area contributed by atoms with Gasteiger partial charge in [-0.15, -0.1) is 0 Å². The van der Waals surface area contributed by atoms with E-state index in [1.807, 2.05) is 0 Å². The minimum absolute atomic E-state index is 0.136. The van der Waals surface area contributed by atoms with Crippen LogP contribution in [-0.2, 0) is 14.3 Å². The predicted octanol–water partition coefficient (Wildman–Crippen LogP) is 2.93. The molecule has 0 radical (unpaired) electrons. The largest absolute Gasteiger partial charge is 0.348 e. The van der Waals surface area contributed by atoms with Gasteiger partial charge in [0.25, 0.3) is 0 Å². The van der Waals surface area contributed by atoms with Crippen molar-refractivity contribution >= 4 is 5.78 Å². The first-order valence-electron chi connectivity index (χ1n) is 8.21. The van der Waals surface area contributed by atoms with Gasteiger partial charge >= 0.3 is 0 Å². The number of carbonyl (C=O) groups excluding carboxylic acids is 1. The Hall–Kier alpha value is -1.19. The number of hydrogen-bond donors (Lipinski definition) is 0. The first-order chi connectivity index (χ1) is 10.3. The molecule has 5 atom stereocenters. The Balaban J connectivity index is 1.55. The van der Waals surface area contributed by atoms with Crippen LogP contribution in [0.2, 0.25) is 0 Å². The molecule has 1 aliphatic heterocycles. The van der Waals surface area contributed by atoms with Gasteiger partial charge in [0, 0.05) is 18.3 Å². The highest BCUT2D eigenvalue weighted by Gasteiger charge is 2.49. The van der Waals surface area contributed by atoms with Gasteiger partial charge in [-0.2, -0.15) is 0 Å². The molecule has 21 heavy (non-hydrogen) atoms. The van der Waals surface area contributed by atoms with Gasteiger partial charge in [-0.3, -0.25) is 4.79 Å². The van der Waals surface area contributed by atoms with Crippen LogP contribution in [0, 0.1) is 17.8 Å². The quantitative estimate of drug-likeness (QED) is 0.686. The average molecular weight is 284 g/mol. The van der Waals surface area contributed by atoms with E-state index in [2.05, 4.69) is 18.2 Å². The third kappa shape index (κ3) is 1.65. The second-order valence-electron chi connectivity index (χ2n) is 6.95. The fourth-order valence-electron chi connectivity index (χ4n) is 5.13. The van der Waals surface area contributed by atoms with Crippen molar-refractivity contribution in [1.29, 1.82) is 0 Å². The zero-order valence-corrected chi connectivity index (χ0v) is 12.1. The molecule has 110 valence electrons. The zero-order chi connectivity index (χ0) is 14.0. The van der Waals surface area contributed by atoms with Gasteiger partial charge in [-0.05, 0) is 48.8 Å². The standard InChI is InChI=1S/C18H20O3/c19-15-3-1-2-10-4-5-11-12(17(10)15)6-7-13-14(11)8-16-18(13)21-9-20-16/h4-5,8,12-13,16-18H,1-3,6-7,9H2. The topological polar surface area (TPSA) is 35.5 Å². The minimum Gasteiger partial charge on any atom is -0.348 e. The maximum atomic E-state index is 12.4. The molecule has 1 saturated heterocycles. The molecule has 3 nitrogen and oxygen atoms in total. The van der Waals surface area contributed by atoms with Gasteiger partial charge in [0.15, 0.2) is 0 Å². The van der Waals surface area contributed by atoms with Crippen molar-refractivity contribution in [2.75, 3.05) is 6.79 Å². The molecule has 3 heteroatoms. The van der Waals surface area contributed by atoms with Crippen molar-refractivity contribution in [2.45, 2.75) is 44.3 Å². The second-order valence-corrected chi connectivity index (χ2v) is 6.95. The predicted molar refractivity (Wildman–Crippen MR) is 77.4 cm³/mol. The molecule has 0 N–H and O–H groups in total. The molecule has 4 aliphatic carbocycles. The molecule has 2 saturated carbocycles. The summed E-state index contributed by atoms with van der Waals surface area (Å²) >= 11 is 0. The normalized spacial score (nSPS) is 44.1. The molecule has 0 aromatic heterocycles. The Kier molecular flexibility index (Phi) is 2.59. The van der Waals surface area contributed by atoms with E-state index < -0.39 is 0 Å². The zero-order valence-electron chi connectivity index (χ0n) is 12.1. The molecule has 5 unspecified atom stereocenters. The van der Waals surface area contributed by atoms with Gasteiger partial charge < -0.3 is 9.47 Å². The summed E-state index contributed by atoms with van der Waals surface area (Å²) in [5.74, 6) is 1.53. The van der Waals surface area contributed by atoms with Crippen LogP contribution in [0.15, 0.2) is 34.9 Å². The highest BCUT2D eigenvalue weighted by atomic mass is 16.7. The first kappa shape index (κ1) is 12.4. The lowest BCUT2D eigenvalue weighted by atomic mass is 9.62. The lowest BCUT2D eigenvalue weighted by molar-refractivity contribution is -0.124. The van der Waals surface area contributed by atoms with Crippen LogP contribution >= 0.6 is 0 Å². The summed E-state index contributed by atoms with van der Waals surface area (Å²) in [5.41, 5.74) is 4.19. The van der Waals surface area contributed by atoms with Crippen LogP contribution in [0.5, 0.6) is 0 Å². The molecule has 0 bridgehead atoms. The Bertz CT molecular complexity index is 598. The average Bonchev–Trinajstić information content (AvgIpc) is 3.07. The van der Waals surface area contributed by atoms with Gasteiger partial charge in [-0.25, -0.2) is 0 Å². The van der Waals surface area contributed by atoms with Crippen molar-refractivity contribution in [3.63, 3.8) is 0 Å². The summed E-state index contributed by atoms with van der Waals surface area (Å²) in [6.07, 6.45) is 12.3. The summed E-state index contributed by atoms with van der Waals surface area (Å²) < 4.78 is 11.4. The highest BCUT2D eigenvalue weighted by Crippen LogP contribution is 2.53. The van der Waals surface area contributed by atoms with Crippen LogP contribution in [0.1, 0.15) is 32.1 Å². The van der Waals surface area contributed by atoms with Crippen LogP contribution < -0.4 is 0 Å². The van der Waals surface area contributed by atoms with E-state index in [0.29, 0.717) is 24.4 Å². The maximum Gasteiger partial charge on any atom is 0.148 e. The van der Waals surface area contributed by atoms with Crippen LogP contribution in [0.3, 0.4) is 0 Å². The summed E-state index contributed by atoms with van der Waals surface area (Å²) in [4.78, 5) is 12.4. The van der Waals surface area contributed by atoms with Crippen LogP contribution in [0.25, 0.3) is 0 Å². The molecule has 0 amide bonds. The molecule has 5 rings (SSSR count). The Morgan fingerprint density at radius 2 is 1.90 bits per heavy atom. The number of ketones is 1. The molecular formula is C18H20O3. The van der Waals surface area contributed by atoms with Gasteiger partial charge in [0.2, 0.25) is 0 Å². The van der Waals surface area contributed by atoms with Crippen LogP contribution in [-0.4, -0.2) is 24.8 Å². The van der Waals surface area contributed by atoms with E-state index in [1.54, 1.807) is 0 Å². The first-order valence-corrected chi connectivity index (χ1v) is 8.21. The van der Waals surface area contributed by atoms with E-state index in [4.69, 9.17) is 9.47 Å². The third-order valence-corrected chi connectivity index (χ3v) is 6.02. The smallest absolute Gasteiger partial charge is 0.148 e. The lowest BCUT2D eigenvalue weighted by Gasteiger charge is -2.41. The number of hydrogen-bond acceptors (Lipinski definition) is 3. The van der Waals surface area contributed by atoms with Crippen molar-refractivity contribution in [1.82, 2.24) is 0 Å². The molecule has 1 heterocycles. The van der Waals surface area contributed by atoms with E-state index in [1.165, 1.54) is 16.7 Å². The SMILES string of the molecule is O=C1CCCC2=CC=C3C4=CC5OCOC5C4CCC3C12. The molecule has 0 aromatic carbocycles. The highest BCUT2D eigenvalue weighted by molar-refractivity contribution is 5.86. The summed E-state index contributed by atoms with van der Waals surface area (Å²) in [6.45, 7) is 0.434. The number of ether oxygens (including phenoxy) is 2. The Morgan fingerprint density at radius 3 is 2.86 bits per heavy atom. The summed E-state index contributed by atoms with van der Waals surface area (Å²) in [7, 11) is 0. The van der Waals surface area contributed by atoms with E-state index in [9.17, 15) is 4.79 Å². The number of carbonyl (C=O) groups is 1. The molecule has 0 spiro atoms. The fourth-order valence-corrected chi connectivity index (χ4v) is 5.13. The van der Waals surface area contributed by atoms with Gasteiger partial charge in [-0.1, -0.05) is 17.7 Å². The van der Waals surface area contributed by atoms with Crippen molar-refractivity contribution in [3.05, 3.63) is 34.9 Å². The van der Waals surface area contributed by atoms with E-state index in [0.717, 1.165) is 32.1 Å². The molecule has 0 aromatic rings. The van der Waals surface area contributed by atoms with Gasteiger partial charge in [0.1, 0.15) is 18.7 Å². The number of Topliss-reactive ketones (excluding diaryl/α,β-unsaturated/α-hetero) is 1. The van der Waals surface area contributed by atoms with Crippen LogP contribution in [0.4, 0.5) is 0 Å². The minimum atomic E-state index is 0.136. The molecule has 5 aliphatic rings. The van der Waals surface area contributed by atoms with Crippen molar-refractivity contribution in [2.24, 2.45) is 17.8 Å². The number of fused-ring (bicyclic) bond motifs is 7. The summed E-state index contributed by atoms with van der Waals surface area (Å²) in [5, 5.41) is 0. The van der Waals surface area contributed by atoms with Crippen molar-refractivity contribution < 1.29 is 14.3 Å². The van der Waals surface area contributed by atoms with Gasteiger partial charge in [0.05, 0.1) is 6.10 Å². The van der Waals surface area contributed by atoms with Crippen molar-refractivity contribution in [3.8, 4) is 0 Å². The maximum absolute atomic E-state index is 12.4. The lowest BCUT2D eigenvalue weighted by Crippen LogP contribution is -2.37. The molecular weight excluding hydrogens is 264 g/mol. The van der Waals surface area contributed by atoms with E-state index in [-0.39, 0.29) is 18.1 Å². The Labute approximate surface area is 124 Å². The Morgan fingerprint density at radius 1 is 1.00 bits per heavy atom.